The molecule has 0 spiro atoms. The first kappa shape index (κ1) is 22.1. The minimum atomic E-state index is 0.520. The van der Waals surface area contributed by atoms with Gasteiger partial charge in [-0.25, -0.2) is 19.9 Å². The Morgan fingerprint density at radius 1 is 0.886 bits per heavy atom. The summed E-state index contributed by atoms with van der Waals surface area (Å²) in [6.45, 7) is 4.63. The van der Waals surface area contributed by atoms with Gasteiger partial charge < -0.3 is 4.90 Å². The zero-order valence-corrected chi connectivity index (χ0v) is 20.3. The first-order valence-electron chi connectivity index (χ1n) is 12.9. The number of aryl methyl sites for hydroxylation is 1. The fourth-order valence-corrected chi connectivity index (χ4v) is 5.61. The van der Waals surface area contributed by atoms with Gasteiger partial charge in [-0.15, -0.1) is 0 Å². The summed E-state index contributed by atoms with van der Waals surface area (Å²) in [6, 6.07) is 15.4. The van der Waals surface area contributed by atoms with Gasteiger partial charge in [-0.1, -0.05) is 30.3 Å². The van der Waals surface area contributed by atoms with Crippen molar-refractivity contribution in [2.75, 3.05) is 13.1 Å². The molecule has 0 bridgehead atoms. The molecule has 1 saturated carbocycles. The van der Waals surface area contributed by atoms with Gasteiger partial charge in [0.05, 0.1) is 17.6 Å². The topological polar surface area (TPSA) is 58.7 Å². The van der Waals surface area contributed by atoms with Gasteiger partial charge in [0.15, 0.2) is 0 Å². The Morgan fingerprint density at radius 3 is 2.49 bits per heavy atom. The lowest BCUT2D eigenvalue weighted by Gasteiger charge is -2.33. The molecule has 2 fully saturated rings. The number of imidazole rings is 1. The van der Waals surface area contributed by atoms with Gasteiger partial charge in [0.2, 0.25) is 5.95 Å². The van der Waals surface area contributed by atoms with Gasteiger partial charge >= 0.3 is 0 Å². The third-order valence-electron chi connectivity index (χ3n) is 7.61. The number of rotatable bonds is 5. The molecular formula is C29H32N6. The van der Waals surface area contributed by atoms with Crippen molar-refractivity contribution < 1.29 is 0 Å². The molecule has 35 heavy (non-hydrogen) atoms. The van der Waals surface area contributed by atoms with E-state index in [2.05, 4.69) is 68.1 Å². The molecule has 6 nitrogen and oxygen atoms in total. The maximum absolute atomic E-state index is 4.85. The lowest BCUT2D eigenvalue weighted by Crippen LogP contribution is -2.36. The molecule has 0 N–H and O–H groups in total. The summed E-state index contributed by atoms with van der Waals surface area (Å²) in [6.07, 6.45) is 15.7. The van der Waals surface area contributed by atoms with E-state index in [1.807, 2.05) is 25.4 Å². The molecule has 0 amide bonds. The molecule has 6 heteroatoms. The Kier molecular flexibility index (Phi) is 6.13. The first-order valence-corrected chi connectivity index (χ1v) is 12.9. The van der Waals surface area contributed by atoms with Gasteiger partial charge in [0, 0.05) is 24.7 Å². The van der Waals surface area contributed by atoms with Crippen molar-refractivity contribution in [3.8, 4) is 22.5 Å². The Hall–Kier alpha value is -3.38. The number of nitrogens with zero attached hydrogens (tertiary/aromatic N) is 6. The highest BCUT2D eigenvalue weighted by molar-refractivity contribution is 5.70. The summed E-state index contributed by atoms with van der Waals surface area (Å²) in [5.41, 5.74) is 6.08. The van der Waals surface area contributed by atoms with E-state index >= 15 is 0 Å². The van der Waals surface area contributed by atoms with E-state index in [1.165, 1.54) is 57.2 Å². The largest absolute Gasteiger partial charge is 0.300 e. The van der Waals surface area contributed by atoms with Crippen LogP contribution in [0.5, 0.6) is 0 Å². The Labute approximate surface area is 206 Å². The Bertz CT molecular complexity index is 1330. The Morgan fingerprint density at radius 2 is 1.69 bits per heavy atom. The second kappa shape index (κ2) is 9.70. The highest BCUT2D eigenvalue weighted by atomic mass is 15.2. The summed E-state index contributed by atoms with van der Waals surface area (Å²) in [4.78, 5) is 21.4. The van der Waals surface area contributed by atoms with Gasteiger partial charge in [0.25, 0.3) is 0 Å². The zero-order valence-electron chi connectivity index (χ0n) is 20.3. The average molecular weight is 465 g/mol. The van der Waals surface area contributed by atoms with Gasteiger partial charge in [-0.05, 0) is 93.3 Å². The van der Waals surface area contributed by atoms with Crippen LogP contribution in [0, 0.1) is 12.8 Å². The molecular weight excluding hydrogens is 432 g/mol. The van der Waals surface area contributed by atoms with E-state index in [1.54, 1.807) is 0 Å². The minimum Gasteiger partial charge on any atom is -0.300 e. The minimum absolute atomic E-state index is 0.520. The third-order valence-corrected chi connectivity index (χ3v) is 7.61. The van der Waals surface area contributed by atoms with Crippen LogP contribution in [0.4, 0.5) is 5.95 Å². The standard InChI is InChI=1S/C29H32N6/c1-21-17-31-29(32-18-22-9-12-25(13-10-22)34-15-5-6-16-34)33-28(21)26-19-30-27-14-11-24(20-35(26)27)23-7-3-2-4-8-23/h2-4,7-8,11,14,17-20,22,25H,5-6,9-10,12-13,15-16H2,1H3/b32-18+. The van der Waals surface area contributed by atoms with Crippen LogP contribution in [0.25, 0.3) is 28.2 Å². The molecule has 178 valence electrons. The van der Waals surface area contributed by atoms with Crippen molar-refractivity contribution in [3.63, 3.8) is 0 Å². The third kappa shape index (κ3) is 4.63. The second-order valence-electron chi connectivity index (χ2n) is 9.95. The van der Waals surface area contributed by atoms with Crippen molar-refractivity contribution in [2.24, 2.45) is 10.9 Å². The summed E-state index contributed by atoms with van der Waals surface area (Å²) < 4.78 is 2.12. The molecule has 3 aromatic heterocycles. The number of benzene rings is 1. The molecule has 6 rings (SSSR count). The number of fused-ring (bicyclic) bond motifs is 1. The van der Waals surface area contributed by atoms with E-state index < -0.39 is 0 Å². The van der Waals surface area contributed by atoms with Crippen LogP contribution >= 0.6 is 0 Å². The fraction of sp³-hybridized carbons (Fsp3) is 0.379. The highest BCUT2D eigenvalue weighted by Gasteiger charge is 2.26. The first-order chi connectivity index (χ1) is 17.2. The Balaban J connectivity index is 1.23. The maximum atomic E-state index is 4.85. The van der Waals surface area contributed by atoms with Crippen molar-refractivity contribution in [1.29, 1.82) is 0 Å². The van der Waals surface area contributed by atoms with Crippen LogP contribution in [-0.2, 0) is 0 Å². The van der Waals surface area contributed by atoms with E-state index in [4.69, 9.17) is 9.98 Å². The lowest BCUT2D eigenvalue weighted by atomic mass is 9.86. The number of aromatic nitrogens is 4. The monoisotopic (exact) mass is 464 g/mol. The molecule has 1 saturated heterocycles. The number of hydrogen-bond donors (Lipinski definition) is 0. The van der Waals surface area contributed by atoms with Crippen molar-refractivity contribution in [2.45, 2.75) is 51.5 Å². The molecule has 2 aliphatic rings. The molecule has 1 aliphatic heterocycles. The van der Waals surface area contributed by atoms with E-state index in [-0.39, 0.29) is 0 Å². The van der Waals surface area contributed by atoms with Gasteiger partial charge in [-0.2, -0.15) is 0 Å². The quantitative estimate of drug-likeness (QED) is 0.334. The van der Waals surface area contributed by atoms with Crippen LogP contribution in [0.2, 0.25) is 0 Å². The van der Waals surface area contributed by atoms with E-state index in [0.717, 1.165) is 34.2 Å². The fourth-order valence-electron chi connectivity index (χ4n) is 5.61. The highest BCUT2D eigenvalue weighted by Crippen LogP contribution is 2.30. The SMILES string of the molecule is Cc1cnc(/N=C/C2CCC(N3CCCC3)CC2)nc1-c1cnc2ccc(-c3ccccc3)cn12. The van der Waals surface area contributed by atoms with Crippen molar-refractivity contribution >= 4 is 17.8 Å². The zero-order chi connectivity index (χ0) is 23.6. The lowest BCUT2D eigenvalue weighted by molar-refractivity contribution is 0.181. The van der Waals surface area contributed by atoms with Crippen LogP contribution in [0.3, 0.4) is 0 Å². The van der Waals surface area contributed by atoms with Crippen LogP contribution in [0.1, 0.15) is 44.1 Å². The predicted molar refractivity (Wildman–Crippen MR) is 141 cm³/mol. The summed E-state index contributed by atoms with van der Waals surface area (Å²) in [5.74, 6) is 1.05. The molecule has 1 aliphatic carbocycles. The molecule has 0 unspecified atom stereocenters. The summed E-state index contributed by atoms with van der Waals surface area (Å²) in [7, 11) is 0. The number of aliphatic imine (C=N–C) groups is 1. The molecule has 4 heterocycles. The maximum Gasteiger partial charge on any atom is 0.249 e. The second-order valence-corrected chi connectivity index (χ2v) is 9.95. The van der Waals surface area contributed by atoms with E-state index in [9.17, 15) is 0 Å². The van der Waals surface area contributed by atoms with Crippen molar-refractivity contribution in [3.05, 3.63) is 66.6 Å². The smallest absolute Gasteiger partial charge is 0.249 e. The molecule has 4 aromatic rings. The molecule has 0 radical (unpaired) electrons. The molecule has 1 aromatic carbocycles. The van der Waals surface area contributed by atoms with Crippen LogP contribution in [-0.4, -0.2) is 49.6 Å². The van der Waals surface area contributed by atoms with E-state index in [0.29, 0.717) is 11.9 Å². The number of likely N-dealkylation sites (tertiary alicyclic amines) is 1. The van der Waals surface area contributed by atoms with Gasteiger partial charge in [-0.3, -0.25) is 4.40 Å². The summed E-state index contributed by atoms with van der Waals surface area (Å²) in [5, 5.41) is 0. The summed E-state index contributed by atoms with van der Waals surface area (Å²) >= 11 is 0. The predicted octanol–water partition coefficient (Wildman–Crippen LogP) is 6.12. The number of hydrogen-bond acceptors (Lipinski definition) is 5. The van der Waals surface area contributed by atoms with Crippen molar-refractivity contribution in [1.82, 2.24) is 24.3 Å². The van der Waals surface area contributed by atoms with Crippen LogP contribution in [0.15, 0.2) is 66.0 Å². The molecule has 0 atom stereocenters. The van der Waals surface area contributed by atoms with Crippen LogP contribution < -0.4 is 0 Å². The number of pyridine rings is 1. The normalized spacial score (nSPS) is 21.3. The average Bonchev–Trinajstić information content (AvgIpc) is 3.59. The van der Waals surface area contributed by atoms with Gasteiger partial charge in [0.1, 0.15) is 5.65 Å².